The summed E-state index contributed by atoms with van der Waals surface area (Å²) in [6.07, 6.45) is 1.82. The third-order valence-electron chi connectivity index (χ3n) is 5.42. The lowest BCUT2D eigenvalue weighted by molar-refractivity contribution is -0.0578. The molecule has 3 fully saturated rings. The molecule has 0 spiro atoms. The van der Waals surface area contributed by atoms with E-state index >= 15 is 0 Å². The molecule has 4 nitrogen and oxygen atoms in total. The Morgan fingerprint density at radius 1 is 0.611 bits per heavy atom. The monoisotopic (exact) mass is 252 g/mol. The van der Waals surface area contributed by atoms with Gasteiger partial charge in [0.1, 0.15) is 0 Å². The van der Waals surface area contributed by atoms with Gasteiger partial charge in [-0.1, -0.05) is 0 Å². The third-order valence-corrected chi connectivity index (χ3v) is 5.42. The van der Waals surface area contributed by atoms with E-state index < -0.39 is 14.0 Å². The maximum absolute atomic E-state index is 6.10. The molecule has 0 aromatic rings. The Hall–Kier alpha value is -0.0301. The van der Waals surface area contributed by atoms with E-state index in [-0.39, 0.29) is 22.4 Å². The van der Waals surface area contributed by atoms with Crippen molar-refractivity contribution < 1.29 is 18.6 Å². The Morgan fingerprint density at radius 2 is 0.944 bits per heavy atom. The van der Waals surface area contributed by atoms with Crippen LogP contribution in [0.5, 0.6) is 0 Å². The molecule has 3 saturated heterocycles. The Kier molecular flexibility index (Phi) is 2.41. The molecule has 0 saturated carbocycles. The van der Waals surface area contributed by atoms with E-state index in [9.17, 15) is 0 Å². The van der Waals surface area contributed by atoms with Crippen LogP contribution in [0, 0.1) is 0 Å². The predicted octanol–water partition coefficient (Wildman–Crippen LogP) is 2.00. The fourth-order valence-electron chi connectivity index (χ4n) is 3.09. The largest absolute Gasteiger partial charge is 0.488 e. The van der Waals surface area contributed by atoms with Gasteiger partial charge in [0.25, 0.3) is 0 Å². The molecule has 3 rings (SSSR count). The normalized spacial score (nSPS) is 45.0. The van der Waals surface area contributed by atoms with Crippen molar-refractivity contribution in [2.45, 2.75) is 76.8 Å². The summed E-state index contributed by atoms with van der Waals surface area (Å²) in [5.41, 5.74) is -1.17. The average molecular weight is 252 g/mol. The van der Waals surface area contributed by atoms with Crippen molar-refractivity contribution in [2.24, 2.45) is 0 Å². The summed E-state index contributed by atoms with van der Waals surface area (Å²) in [5, 5.41) is 0. The standard InChI is InChI=1S/C12H22B2O4/c1-9(2)11(5)7-8-12(6)10(3,4)16-14(18-12)13(15-9)17-11/h7-8H2,1-6H3. The lowest BCUT2D eigenvalue weighted by Gasteiger charge is -2.42. The van der Waals surface area contributed by atoms with Gasteiger partial charge in [-0.3, -0.25) is 0 Å². The first-order valence-electron chi connectivity index (χ1n) is 6.80. The Labute approximate surface area is 110 Å². The van der Waals surface area contributed by atoms with Crippen LogP contribution >= 0.6 is 0 Å². The van der Waals surface area contributed by atoms with Gasteiger partial charge in [-0.2, -0.15) is 0 Å². The molecule has 3 aliphatic heterocycles. The summed E-state index contributed by atoms with van der Waals surface area (Å²) in [5.74, 6) is 0. The highest BCUT2D eigenvalue weighted by Gasteiger charge is 2.68. The molecule has 6 heteroatoms. The zero-order valence-electron chi connectivity index (χ0n) is 12.2. The van der Waals surface area contributed by atoms with Crippen LogP contribution in [0.15, 0.2) is 0 Å². The maximum Gasteiger partial charge on any atom is 0.488 e. The maximum atomic E-state index is 6.10. The van der Waals surface area contributed by atoms with Gasteiger partial charge in [-0.15, -0.1) is 0 Å². The number of fused-ring (bicyclic) bond motifs is 5. The average Bonchev–Trinajstić information content (AvgIpc) is 2.59. The third kappa shape index (κ3) is 1.49. The Bertz CT molecular complexity index is 350. The molecule has 0 amide bonds. The zero-order chi connectivity index (χ0) is 13.4. The molecule has 0 radical (unpaired) electrons. The number of rotatable bonds is 0. The van der Waals surface area contributed by atoms with E-state index in [1.807, 2.05) is 0 Å². The first-order valence-corrected chi connectivity index (χ1v) is 6.80. The van der Waals surface area contributed by atoms with Gasteiger partial charge in [-0.25, -0.2) is 0 Å². The smallest absolute Gasteiger partial charge is 0.405 e. The molecule has 0 aliphatic carbocycles. The lowest BCUT2D eigenvalue weighted by Crippen LogP contribution is -2.50. The van der Waals surface area contributed by atoms with Crippen LogP contribution in [0.25, 0.3) is 0 Å². The highest BCUT2D eigenvalue weighted by molar-refractivity contribution is 7.11. The van der Waals surface area contributed by atoms with Crippen molar-refractivity contribution in [3.05, 3.63) is 0 Å². The first kappa shape index (κ1) is 13.0. The molecule has 4 bridgehead atoms. The summed E-state index contributed by atoms with van der Waals surface area (Å²) in [4.78, 5) is 0. The molecule has 0 N–H and O–H groups in total. The zero-order valence-corrected chi connectivity index (χ0v) is 12.2. The van der Waals surface area contributed by atoms with Crippen LogP contribution in [0.4, 0.5) is 0 Å². The van der Waals surface area contributed by atoms with Gasteiger partial charge < -0.3 is 18.6 Å². The molecular formula is C12H22B2O4. The molecule has 100 valence electrons. The molecule has 2 atom stereocenters. The van der Waals surface area contributed by atoms with Crippen molar-refractivity contribution >= 4 is 14.0 Å². The molecule has 3 aliphatic rings. The van der Waals surface area contributed by atoms with Gasteiger partial charge in [0.05, 0.1) is 22.4 Å². The summed E-state index contributed by atoms with van der Waals surface area (Å²) >= 11 is 0. The lowest BCUT2D eigenvalue weighted by atomic mass is 9.49. The highest BCUT2D eigenvalue weighted by atomic mass is 16.7. The van der Waals surface area contributed by atoms with Crippen LogP contribution in [-0.2, 0) is 18.6 Å². The molecule has 3 heterocycles. The van der Waals surface area contributed by atoms with E-state index in [2.05, 4.69) is 41.5 Å². The molecule has 2 unspecified atom stereocenters. The molecule has 0 aromatic heterocycles. The van der Waals surface area contributed by atoms with E-state index in [1.165, 1.54) is 0 Å². The molecule has 18 heavy (non-hydrogen) atoms. The van der Waals surface area contributed by atoms with Crippen LogP contribution in [0.3, 0.4) is 0 Å². The molecular weight excluding hydrogens is 230 g/mol. The van der Waals surface area contributed by atoms with Crippen LogP contribution in [0.2, 0.25) is 0 Å². The summed E-state index contributed by atoms with van der Waals surface area (Å²) in [6, 6.07) is 0. The summed E-state index contributed by atoms with van der Waals surface area (Å²) in [6.45, 7) is 12.6. The SMILES string of the molecule is CC1(C)OB2OC1(C)CCC1(C)OB2OC1(C)C. The fraction of sp³-hybridized carbons (Fsp3) is 1.00. The fourth-order valence-corrected chi connectivity index (χ4v) is 3.09. The van der Waals surface area contributed by atoms with Crippen molar-refractivity contribution in [1.82, 2.24) is 0 Å². The van der Waals surface area contributed by atoms with Gasteiger partial charge in [0, 0.05) is 0 Å². The minimum atomic E-state index is -0.425. The van der Waals surface area contributed by atoms with Crippen molar-refractivity contribution in [2.75, 3.05) is 0 Å². The number of hydrogen-bond acceptors (Lipinski definition) is 4. The quantitative estimate of drug-likeness (QED) is 0.618. The minimum Gasteiger partial charge on any atom is -0.405 e. The second kappa shape index (κ2) is 3.35. The molecule has 0 aromatic carbocycles. The summed E-state index contributed by atoms with van der Waals surface area (Å²) < 4.78 is 24.3. The van der Waals surface area contributed by atoms with Crippen LogP contribution in [0.1, 0.15) is 54.4 Å². The van der Waals surface area contributed by atoms with Gasteiger partial charge in [0.2, 0.25) is 0 Å². The van der Waals surface area contributed by atoms with E-state index in [0.717, 1.165) is 12.8 Å². The number of hydrogen-bond donors (Lipinski definition) is 0. The van der Waals surface area contributed by atoms with Crippen molar-refractivity contribution in [3.63, 3.8) is 0 Å². The topological polar surface area (TPSA) is 36.9 Å². The predicted molar refractivity (Wildman–Crippen MR) is 70.1 cm³/mol. The van der Waals surface area contributed by atoms with Gasteiger partial charge in [0.15, 0.2) is 0 Å². The Balaban J connectivity index is 1.98. The van der Waals surface area contributed by atoms with Crippen LogP contribution < -0.4 is 0 Å². The van der Waals surface area contributed by atoms with Gasteiger partial charge in [-0.05, 0) is 54.4 Å². The highest BCUT2D eigenvalue weighted by Crippen LogP contribution is 2.50. The van der Waals surface area contributed by atoms with Crippen LogP contribution in [-0.4, -0.2) is 36.4 Å². The van der Waals surface area contributed by atoms with Crippen molar-refractivity contribution in [3.8, 4) is 0 Å². The van der Waals surface area contributed by atoms with E-state index in [1.54, 1.807) is 0 Å². The first-order chi connectivity index (χ1) is 8.09. The van der Waals surface area contributed by atoms with E-state index in [0.29, 0.717) is 0 Å². The van der Waals surface area contributed by atoms with Gasteiger partial charge >= 0.3 is 14.0 Å². The van der Waals surface area contributed by atoms with Crippen molar-refractivity contribution in [1.29, 1.82) is 0 Å². The Morgan fingerprint density at radius 3 is 1.28 bits per heavy atom. The van der Waals surface area contributed by atoms with E-state index in [4.69, 9.17) is 18.6 Å². The summed E-state index contributed by atoms with van der Waals surface area (Å²) in [7, 11) is -0.849. The second-order valence-electron chi connectivity index (χ2n) is 7.19. The minimum absolute atomic E-state index is 0.273. The second-order valence-corrected chi connectivity index (χ2v) is 7.19.